The summed E-state index contributed by atoms with van der Waals surface area (Å²) in [7, 11) is 0. The maximum atomic E-state index is 2.54. The van der Waals surface area contributed by atoms with Crippen molar-refractivity contribution < 1.29 is 0 Å². The average molecular weight is 927 g/mol. The summed E-state index contributed by atoms with van der Waals surface area (Å²) in [5.74, 6) is 0. The van der Waals surface area contributed by atoms with Crippen molar-refractivity contribution in [3.63, 3.8) is 0 Å². The monoisotopic (exact) mass is 926 g/mol. The molecule has 13 aromatic rings. The fraction of sp³-hybridized carbons (Fsp3) is 0.0141. The van der Waals surface area contributed by atoms with Gasteiger partial charge in [0.05, 0.1) is 27.8 Å². The smallest absolute Gasteiger partial charge is 0.0726 e. The Balaban J connectivity index is 1.01. The van der Waals surface area contributed by atoms with E-state index in [9.17, 15) is 0 Å². The van der Waals surface area contributed by atoms with Gasteiger partial charge < -0.3 is 9.47 Å². The van der Waals surface area contributed by atoms with E-state index in [4.69, 9.17) is 0 Å². The fourth-order valence-electron chi connectivity index (χ4n) is 12.9. The molecule has 12 aromatic carbocycles. The van der Waals surface area contributed by atoms with Crippen molar-refractivity contribution in [1.29, 1.82) is 0 Å². The van der Waals surface area contributed by atoms with Gasteiger partial charge >= 0.3 is 0 Å². The molecule has 1 aromatic heterocycles. The van der Waals surface area contributed by atoms with Crippen LogP contribution in [0.2, 0.25) is 0 Å². The first-order valence-electron chi connectivity index (χ1n) is 25.3. The van der Waals surface area contributed by atoms with E-state index in [0.29, 0.717) is 0 Å². The Morgan fingerprint density at radius 3 is 1.47 bits per heavy atom. The number of aromatic nitrogens is 1. The maximum absolute atomic E-state index is 2.54. The van der Waals surface area contributed by atoms with Gasteiger partial charge in [-0.25, -0.2) is 0 Å². The molecule has 0 aliphatic heterocycles. The lowest BCUT2D eigenvalue weighted by Gasteiger charge is -2.36. The van der Waals surface area contributed by atoms with Gasteiger partial charge in [0.1, 0.15) is 0 Å². The predicted octanol–water partition coefficient (Wildman–Crippen LogP) is 18.8. The molecule has 73 heavy (non-hydrogen) atoms. The Hall–Kier alpha value is -9.50. The van der Waals surface area contributed by atoms with Gasteiger partial charge in [0.2, 0.25) is 0 Å². The van der Waals surface area contributed by atoms with Crippen molar-refractivity contribution >= 4 is 49.6 Å². The van der Waals surface area contributed by atoms with Gasteiger partial charge in [0.25, 0.3) is 0 Å². The van der Waals surface area contributed by atoms with Crippen molar-refractivity contribution in [3.8, 4) is 61.3 Å². The summed E-state index contributed by atoms with van der Waals surface area (Å²) in [4.78, 5) is 2.54. The molecule has 0 saturated heterocycles. The zero-order chi connectivity index (χ0) is 48.0. The second-order valence-electron chi connectivity index (χ2n) is 19.4. The second-order valence-corrected chi connectivity index (χ2v) is 19.4. The molecule has 0 unspecified atom stereocenters. The molecule has 2 aliphatic carbocycles. The van der Waals surface area contributed by atoms with Crippen LogP contribution in [0.5, 0.6) is 0 Å². The second kappa shape index (κ2) is 16.3. The van der Waals surface area contributed by atoms with Crippen LogP contribution in [0.15, 0.2) is 279 Å². The van der Waals surface area contributed by atoms with Crippen LogP contribution in [-0.2, 0) is 5.41 Å². The largest absolute Gasteiger partial charge is 0.309 e. The number of hydrogen-bond donors (Lipinski definition) is 0. The van der Waals surface area contributed by atoms with Gasteiger partial charge in [-0.05, 0) is 126 Å². The number of fused-ring (bicyclic) bond motifs is 16. The molecule has 2 nitrogen and oxygen atoms in total. The van der Waals surface area contributed by atoms with Gasteiger partial charge in [-0.3, -0.25) is 0 Å². The van der Waals surface area contributed by atoms with Gasteiger partial charge in [0.15, 0.2) is 0 Å². The van der Waals surface area contributed by atoms with E-state index in [-0.39, 0.29) is 0 Å². The van der Waals surface area contributed by atoms with Crippen LogP contribution in [0.25, 0.3) is 93.9 Å². The van der Waals surface area contributed by atoms with Crippen LogP contribution in [0.1, 0.15) is 22.3 Å². The molecule has 15 rings (SSSR count). The van der Waals surface area contributed by atoms with Crippen LogP contribution in [0, 0.1) is 0 Å². The lowest BCUT2D eigenvalue weighted by Crippen LogP contribution is -2.29. The zero-order valence-electron chi connectivity index (χ0n) is 40.0. The first-order valence-corrected chi connectivity index (χ1v) is 25.3. The highest BCUT2D eigenvalue weighted by molar-refractivity contribution is 6.19. The predicted molar refractivity (Wildman–Crippen MR) is 306 cm³/mol. The molecule has 2 heteroatoms. The Bertz CT molecular complexity index is 4250. The Kier molecular flexibility index (Phi) is 9.21. The fourth-order valence-corrected chi connectivity index (χ4v) is 12.9. The summed E-state index contributed by atoms with van der Waals surface area (Å²) in [6, 6.07) is 104. The highest BCUT2D eigenvalue weighted by Crippen LogP contribution is 2.64. The quantitative estimate of drug-likeness (QED) is 0.161. The van der Waals surface area contributed by atoms with E-state index in [1.165, 1.54) is 110 Å². The minimum Gasteiger partial charge on any atom is -0.309 e. The highest BCUT2D eigenvalue weighted by atomic mass is 15.1. The summed E-state index contributed by atoms with van der Waals surface area (Å²) in [6.45, 7) is 0. The standard InChI is InChI=1S/C71H46N2/c1-3-21-47(22-4-1)48-41-43-50(44-42-48)73(66-46-45-54(53-27-9-10-30-57(53)66)58-33-19-39-67-69(58)60-32-14-18-38-65(60)72(67)49-23-5-2-6-24-49)68-40-20-37-64-70(68)59-31-13-17-36-63(59)71(64)61-34-15-11-28-55(61)51-25-7-8-26-52(51)56-29-12-16-35-62(56)71/h1-46H. The third-order valence-corrected chi connectivity index (χ3v) is 15.8. The molecule has 0 atom stereocenters. The molecular weight excluding hydrogens is 881 g/mol. The minimum absolute atomic E-state index is 0.611. The topological polar surface area (TPSA) is 8.17 Å². The van der Waals surface area contributed by atoms with E-state index < -0.39 is 5.41 Å². The Morgan fingerprint density at radius 1 is 0.274 bits per heavy atom. The van der Waals surface area contributed by atoms with Crippen LogP contribution in [0.3, 0.4) is 0 Å². The lowest BCUT2D eigenvalue weighted by molar-refractivity contribution is 0.775. The first-order chi connectivity index (χ1) is 36.3. The lowest BCUT2D eigenvalue weighted by atomic mass is 9.66. The Morgan fingerprint density at radius 2 is 0.767 bits per heavy atom. The van der Waals surface area contributed by atoms with Crippen molar-refractivity contribution in [2.24, 2.45) is 0 Å². The van der Waals surface area contributed by atoms with Crippen LogP contribution in [0.4, 0.5) is 17.1 Å². The number of hydrogen-bond acceptors (Lipinski definition) is 1. The molecule has 0 bridgehead atoms. The number of benzene rings is 12. The van der Waals surface area contributed by atoms with Gasteiger partial charge in [0, 0.05) is 33.1 Å². The van der Waals surface area contributed by atoms with Crippen molar-refractivity contribution in [2.75, 3.05) is 4.90 Å². The molecule has 0 radical (unpaired) electrons. The van der Waals surface area contributed by atoms with Gasteiger partial charge in [-0.1, -0.05) is 231 Å². The van der Waals surface area contributed by atoms with Gasteiger partial charge in [-0.2, -0.15) is 0 Å². The van der Waals surface area contributed by atoms with Crippen LogP contribution in [-0.4, -0.2) is 4.57 Å². The third-order valence-electron chi connectivity index (χ3n) is 15.8. The zero-order valence-corrected chi connectivity index (χ0v) is 40.0. The highest BCUT2D eigenvalue weighted by Gasteiger charge is 2.50. The van der Waals surface area contributed by atoms with Crippen LogP contribution < -0.4 is 4.90 Å². The number of rotatable bonds is 6. The summed E-state index contributed by atoms with van der Waals surface area (Å²) in [5.41, 5.74) is 23.8. The summed E-state index contributed by atoms with van der Waals surface area (Å²) >= 11 is 0. The average Bonchev–Trinajstić information content (AvgIpc) is 4.01. The van der Waals surface area contributed by atoms with Crippen molar-refractivity contribution in [3.05, 3.63) is 301 Å². The first kappa shape index (κ1) is 41.3. The molecule has 1 spiro atoms. The summed E-state index contributed by atoms with van der Waals surface area (Å²) < 4.78 is 2.41. The van der Waals surface area contributed by atoms with E-state index in [2.05, 4.69) is 289 Å². The summed E-state index contributed by atoms with van der Waals surface area (Å²) in [5, 5.41) is 4.86. The summed E-state index contributed by atoms with van der Waals surface area (Å²) in [6.07, 6.45) is 0. The molecule has 340 valence electrons. The molecule has 0 amide bonds. The Labute approximate surface area is 425 Å². The van der Waals surface area contributed by atoms with Crippen molar-refractivity contribution in [2.45, 2.75) is 5.41 Å². The third kappa shape index (κ3) is 5.99. The number of para-hydroxylation sites is 2. The number of nitrogens with zero attached hydrogens (tertiary/aromatic N) is 2. The molecule has 0 saturated carbocycles. The molecule has 1 heterocycles. The van der Waals surface area contributed by atoms with E-state index in [0.717, 1.165) is 22.7 Å². The maximum Gasteiger partial charge on any atom is 0.0726 e. The number of anilines is 3. The van der Waals surface area contributed by atoms with Crippen molar-refractivity contribution in [1.82, 2.24) is 4.57 Å². The van der Waals surface area contributed by atoms with E-state index in [1.54, 1.807) is 0 Å². The molecule has 2 aliphatic rings. The normalized spacial score (nSPS) is 12.8. The SMILES string of the molecule is c1ccc(-c2ccc(N(c3cccc4c3-c3ccccc3C43c4ccccc4-c4ccccc4-c4ccccc43)c3ccc(-c4cccc5c4c4ccccc4n5-c4ccccc4)c4ccccc34)cc2)cc1. The molecule has 0 fully saturated rings. The minimum atomic E-state index is -0.611. The molecule has 0 N–H and O–H groups in total. The van der Waals surface area contributed by atoms with Gasteiger partial charge in [-0.15, -0.1) is 0 Å². The van der Waals surface area contributed by atoms with E-state index >= 15 is 0 Å². The van der Waals surface area contributed by atoms with Crippen LogP contribution >= 0.6 is 0 Å². The molecular formula is C71H46N2. The van der Waals surface area contributed by atoms with E-state index in [1.807, 2.05) is 0 Å².